The van der Waals surface area contributed by atoms with Gasteiger partial charge in [-0.3, -0.25) is 19.8 Å². The topological polar surface area (TPSA) is 162 Å². The van der Waals surface area contributed by atoms with Crippen LogP contribution in [-0.4, -0.2) is 112 Å². The summed E-state index contributed by atoms with van der Waals surface area (Å²) >= 11 is 0. The number of amides is 4. The van der Waals surface area contributed by atoms with Crippen molar-refractivity contribution < 1.29 is 33.0 Å². The number of carbonyl (C=O) groups is 3. The molecule has 4 aliphatic rings. The average Bonchev–Trinajstić information content (AvgIpc) is 3.70. The van der Waals surface area contributed by atoms with Gasteiger partial charge in [-0.1, -0.05) is 24.3 Å². The van der Waals surface area contributed by atoms with E-state index >= 15 is 8.78 Å². The minimum absolute atomic E-state index is 0.103. The summed E-state index contributed by atoms with van der Waals surface area (Å²) in [4.78, 5) is 44.8. The second kappa shape index (κ2) is 16.4. The first-order chi connectivity index (χ1) is 29.4. The molecule has 3 aromatic carbocycles. The van der Waals surface area contributed by atoms with Crippen LogP contribution in [0.25, 0.3) is 22.2 Å². The number of alkyl halides is 1. The largest absolute Gasteiger partial charge is 0.507 e. The molecule has 9 rings (SSSR count). The van der Waals surface area contributed by atoms with E-state index in [-0.39, 0.29) is 73.1 Å². The van der Waals surface area contributed by atoms with Gasteiger partial charge in [-0.05, 0) is 73.9 Å². The fraction of sp³-hybridized carbons (Fsp3) is 0.400. The summed E-state index contributed by atoms with van der Waals surface area (Å²) in [5.74, 6) is -0.613. The van der Waals surface area contributed by atoms with Gasteiger partial charge in [0, 0.05) is 100 Å². The number of nitrogens with zero attached hydrogens (tertiary/aromatic N) is 7. The van der Waals surface area contributed by atoms with Gasteiger partial charge in [0.25, 0.3) is 5.91 Å². The van der Waals surface area contributed by atoms with Crippen molar-refractivity contribution in [3.8, 4) is 17.0 Å². The Hall–Kier alpha value is -6.13. The maximum atomic E-state index is 16.3. The number of rotatable bonds is 8. The number of likely N-dealkylation sites (tertiary alicyclic amines) is 2. The molecular weight excluding hydrogens is 785 g/mol. The van der Waals surface area contributed by atoms with Gasteiger partial charge < -0.3 is 34.8 Å². The quantitative estimate of drug-likeness (QED) is 0.164. The van der Waals surface area contributed by atoms with Crippen LogP contribution in [0, 0.1) is 5.82 Å². The molecule has 2 atom stereocenters. The standard InChI is InChI=1S/C45H49F2N9O5/c1-28-25-54(37-24-34(50-51-42(37)48)32-4-2-3-5-38(32)57)26-39(61-28)29-6-8-30(9-7-29)43(59)53-22-16-45(47,17-23-53)27-52-18-12-31(13-19-52)55-20-14-33-35(55)10-11-36(41(33)46)56-21-15-40(58)49-44(56)60/h2-11,14,20,24,28,31,39,57H,12-13,15-19,21-23,25-27H2,1H3,(H2,48,51)(H,49,58,60)/t28-,39-/m0/s1. The number of phenols is 1. The van der Waals surface area contributed by atoms with Crippen LogP contribution in [0.5, 0.6) is 5.75 Å². The number of hydrogen-bond acceptors (Lipinski definition) is 10. The molecule has 318 valence electrons. The van der Waals surface area contributed by atoms with Gasteiger partial charge in [0.15, 0.2) is 11.6 Å². The summed E-state index contributed by atoms with van der Waals surface area (Å²) < 4.78 is 40.4. The molecule has 0 aliphatic carbocycles. The number of nitrogen functional groups attached to an aromatic ring is 1. The number of hydrogen-bond donors (Lipinski definition) is 3. The number of ether oxygens (including phenoxy) is 1. The van der Waals surface area contributed by atoms with Crippen LogP contribution in [-0.2, 0) is 9.53 Å². The molecule has 16 heteroatoms. The van der Waals surface area contributed by atoms with Crippen molar-refractivity contribution in [3.63, 3.8) is 0 Å². The van der Waals surface area contributed by atoms with Crippen LogP contribution < -0.4 is 20.9 Å². The van der Waals surface area contributed by atoms with Gasteiger partial charge >= 0.3 is 6.03 Å². The number of urea groups is 1. The number of morpholine rings is 1. The highest BCUT2D eigenvalue weighted by atomic mass is 19.1. The van der Waals surface area contributed by atoms with E-state index in [4.69, 9.17) is 10.5 Å². The van der Waals surface area contributed by atoms with E-state index in [2.05, 4.69) is 29.9 Å². The van der Waals surface area contributed by atoms with Gasteiger partial charge in [0.1, 0.15) is 17.5 Å². The number of aromatic hydroxyl groups is 1. The van der Waals surface area contributed by atoms with Crippen molar-refractivity contribution in [1.82, 2.24) is 29.9 Å². The minimum Gasteiger partial charge on any atom is -0.507 e. The van der Waals surface area contributed by atoms with Crippen molar-refractivity contribution in [2.24, 2.45) is 0 Å². The molecule has 4 amide bonds. The smallest absolute Gasteiger partial charge is 0.328 e. The number of benzene rings is 3. The Morgan fingerprint density at radius 2 is 1.70 bits per heavy atom. The zero-order valence-corrected chi connectivity index (χ0v) is 34.0. The molecule has 2 aromatic heterocycles. The highest BCUT2D eigenvalue weighted by Gasteiger charge is 2.39. The molecule has 14 nitrogen and oxygen atoms in total. The van der Waals surface area contributed by atoms with Crippen molar-refractivity contribution in [3.05, 3.63) is 95.9 Å². The predicted molar refractivity (Wildman–Crippen MR) is 227 cm³/mol. The van der Waals surface area contributed by atoms with E-state index in [1.807, 2.05) is 55.6 Å². The molecule has 0 saturated carbocycles. The second-order valence-electron chi connectivity index (χ2n) is 16.7. The fourth-order valence-electron chi connectivity index (χ4n) is 9.36. The zero-order valence-electron chi connectivity index (χ0n) is 34.0. The number of carbonyl (C=O) groups excluding carboxylic acids is 3. The average molecular weight is 834 g/mol. The summed E-state index contributed by atoms with van der Waals surface area (Å²) in [5, 5.41) is 21.5. The Morgan fingerprint density at radius 1 is 0.951 bits per heavy atom. The molecule has 0 bridgehead atoms. The third-order valence-electron chi connectivity index (χ3n) is 12.7. The van der Waals surface area contributed by atoms with Crippen LogP contribution in [0.4, 0.5) is 30.8 Å². The summed E-state index contributed by atoms with van der Waals surface area (Å²) in [6, 6.07) is 20.8. The number of phenolic OH excluding ortho intramolecular Hbond substituents is 1. The first-order valence-corrected chi connectivity index (χ1v) is 21.0. The van der Waals surface area contributed by atoms with Gasteiger partial charge in [0.2, 0.25) is 5.91 Å². The predicted octanol–water partition coefficient (Wildman–Crippen LogP) is 6.22. The number of fused-ring (bicyclic) bond motifs is 1. The number of para-hydroxylation sites is 1. The Bertz CT molecular complexity index is 2460. The molecule has 5 aromatic rings. The van der Waals surface area contributed by atoms with Gasteiger partial charge in [-0.2, -0.15) is 0 Å². The van der Waals surface area contributed by atoms with Crippen LogP contribution >= 0.6 is 0 Å². The number of nitrogens with one attached hydrogen (secondary N) is 1. The molecule has 4 N–H and O–H groups in total. The maximum absolute atomic E-state index is 16.3. The molecule has 0 spiro atoms. The molecule has 61 heavy (non-hydrogen) atoms. The van der Waals surface area contributed by atoms with E-state index in [9.17, 15) is 19.5 Å². The number of piperidine rings is 2. The van der Waals surface area contributed by atoms with Crippen molar-refractivity contribution in [1.29, 1.82) is 0 Å². The van der Waals surface area contributed by atoms with Gasteiger partial charge in [0.05, 0.1) is 28.7 Å². The van der Waals surface area contributed by atoms with E-state index in [0.29, 0.717) is 73.7 Å². The Kier molecular flexibility index (Phi) is 10.8. The summed E-state index contributed by atoms with van der Waals surface area (Å²) in [7, 11) is 0. The lowest BCUT2D eigenvalue weighted by atomic mass is 9.91. The highest BCUT2D eigenvalue weighted by molar-refractivity contribution is 6.06. The maximum Gasteiger partial charge on any atom is 0.328 e. The first-order valence-electron chi connectivity index (χ1n) is 21.0. The molecule has 4 fully saturated rings. The first kappa shape index (κ1) is 40.3. The third-order valence-corrected chi connectivity index (χ3v) is 12.7. The van der Waals surface area contributed by atoms with Crippen molar-refractivity contribution in [2.45, 2.75) is 62.9 Å². The Balaban J connectivity index is 0.775. The SMILES string of the molecule is C[C@H]1CN(c2cc(-c3ccccc3O)nnc2N)C[C@@H](c2ccc(C(=O)N3CCC(F)(CN4CCC(n5ccc6c(F)c(N7CCC(=O)NC7=O)ccc65)CC4)CC3)cc2)O1. The number of halogens is 2. The van der Waals surface area contributed by atoms with Gasteiger partial charge in [-0.15, -0.1) is 10.2 Å². The lowest BCUT2D eigenvalue weighted by molar-refractivity contribution is -0.120. The summed E-state index contributed by atoms with van der Waals surface area (Å²) in [5.41, 5.74) is 9.00. The number of nitrogens with two attached hydrogens (primary N) is 1. The minimum atomic E-state index is -1.41. The number of anilines is 3. The van der Waals surface area contributed by atoms with E-state index in [1.165, 1.54) is 4.90 Å². The Morgan fingerprint density at radius 3 is 2.44 bits per heavy atom. The molecule has 0 radical (unpaired) electrons. The van der Waals surface area contributed by atoms with E-state index < -0.39 is 17.5 Å². The van der Waals surface area contributed by atoms with E-state index in [0.717, 1.165) is 23.9 Å². The zero-order chi connectivity index (χ0) is 42.4. The van der Waals surface area contributed by atoms with Crippen molar-refractivity contribution >= 4 is 45.9 Å². The lowest BCUT2D eigenvalue weighted by Crippen LogP contribution is -2.51. The summed E-state index contributed by atoms with van der Waals surface area (Å²) in [6.45, 7) is 5.53. The monoisotopic (exact) mass is 833 g/mol. The van der Waals surface area contributed by atoms with Crippen LogP contribution in [0.15, 0.2) is 79.0 Å². The normalized spacial score (nSPS) is 21.5. The highest BCUT2D eigenvalue weighted by Crippen LogP contribution is 2.37. The lowest BCUT2D eigenvalue weighted by Gasteiger charge is -2.41. The molecule has 0 unspecified atom stereocenters. The van der Waals surface area contributed by atoms with Crippen LogP contribution in [0.3, 0.4) is 0 Å². The number of aromatic nitrogens is 3. The Labute approximate surface area is 351 Å². The molecular formula is C45H49F2N9O5. The van der Waals surface area contributed by atoms with E-state index in [1.54, 1.807) is 35.2 Å². The second-order valence-corrected chi connectivity index (χ2v) is 16.7. The van der Waals surface area contributed by atoms with Crippen LogP contribution in [0.2, 0.25) is 0 Å². The summed E-state index contributed by atoms with van der Waals surface area (Å²) in [6.07, 6.45) is 3.62. The molecule has 4 saturated heterocycles. The van der Waals surface area contributed by atoms with Crippen LogP contribution in [0.1, 0.15) is 67.1 Å². The van der Waals surface area contributed by atoms with Gasteiger partial charge in [-0.25, -0.2) is 13.6 Å². The fourth-order valence-corrected chi connectivity index (χ4v) is 9.36. The third kappa shape index (κ3) is 8.09. The van der Waals surface area contributed by atoms with Crippen molar-refractivity contribution in [2.75, 3.05) is 67.9 Å². The number of imide groups is 1. The molecule has 4 aliphatic heterocycles. The molecule has 6 heterocycles.